The van der Waals surface area contributed by atoms with Crippen molar-refractivity contribution in [3.63, 3.8) is 0 Å². The molecule has 0 heterocycles. The zero-order valence-corrected chi connectivity index (χ0v) is 7.53. The van der Waals surface area contributed by atoms with E-state index in [4.69, 9.17) is 15.7 Å². The molecule has 0 saturated carbocycles. The maximum absolute atomic E-state index is 8.93. The molecule has 4 heteroatoms. The fourth-order valence-corrected chi connectivity index (χ4v) is 1.09. The lowest BCUT2D eigenvalue weighted by Crippen LogP contribution is -2.30. The molecule has 1 rings (SSSR count). The molecule has 13 heavy (non-hydrogen) atoms. The minimum atomic E-state index is -0.217. The molecule has 1 aromatic rings. The Kier molecular flexibility index (Phi) is 3.70. The summed E-state index contributed by atoms with van der Waals surface area (Å²) in [5, 5.41) is 8.93. The second-order valence-electron chi connectivity index (χ2n) is 2.67. The van der Waals surface area contributed by atoms with Crippen LogP contribution in [0, 0.1) is 0 Å². The van der Waals surface area contributed by atoms with E-state index in [-0.39, 0.29) is 12.6 Å². The Morgan fingerprint density at radius 3 is 2.46 bits per heavy atom. The van der Waals surface area contributed by atoms with Gasteiger partial charge in [0, 0.05) is 0 Å². The van der Waals surface area contributed by atoms with Gasteiger partial charge in [0.25, 0.3) is 0 Å². The molecule has 72 valence electrons. The van der Waals surface area contributed by atoms with E-state index in [2.05, 4.69) is 5.43 Å². The van der Waals surface area contributed by atoms with Crippen LogP contribution in [0.25, 0.3) is 0 Å². The fourth-order valence-electron chi connectivity index (χ4n) is 1.09. The van der Waals surface area contributed by atoms with Gasteiger partial charge in [0.2, 0.25) is 0 Å². The molecule has 4 nitrogen and oxygen atoms in total. The SMILES string of the molecule is COc1ccc(C(CO)NN)cc1. The quantitative estimate of drug-likeness (QED) is 0.459. The predicted molar refractivity (Wildman–Crippen MR) is 50.1 cm³/mol. The summed E-state index contributed by atoms with van der Waals surface area (Å²) in [6.45, 7) is -0.0250. The monoisotopic (exact) mass is 182 g/mol. The highest BCUT2D eigenvalue weighted by molar-refractivity contribution is 5.29. The molecule has 0 aliphatic heterocycles. The molecule has 1 aromatic carbocycles. The van der Waals surface area contributed by atoms with Gasteiger partial charge in [-0.1, -0.05) is 12.1 Å². The molecule has 0 fully saturated rings. The van der Waals surface area contributed by atoms with Crippen LogP contribution in [0.2, 0.25) is 0 Å². The topological polar surface area (TPSA) is 67.5 Å². The number of nitrogens with two attached hydrogens (primary N) is 1. The number of hydrazine groups is 1. The van der Waals surface area contributed by atoms with E-state index in [1.54, 1.807) is 7.11 Å². The first-order chi connectivity index (χ1) is 6.31. The molecule has 0 aliphatic rings. The van der Waals surface area contributed by atoms with Gasteiger partial charge in [-0.3, -0.25) is 11.3 Å². The Bertz CT molecular complexity index is 244. The van der Waals surface area contributed by atoms with Crippen LogP contribution < -0.4 is 16.0 Å². The molecule has 0 saturated heterocycles. The van der Waals surface area contributed by atoms with E-state index in [0.29, 0.717) is 0 Å². The number of aliphatic hydroxyl groups is 1. The van der Waals surface area contributed by atoms with Gasteiger partial charge in [-0.15, -0.1) is 0 Å². The second-order valence-corrected chi connectivity index (χ2v) is 2.67. The molecule has 0 amide bonds. The normalized spacial score (nSPS) is 12.5. The first kappa shape index (κ1) is 9.98. The third-order valence-corrected chi connectivity index (χ3v) is 1.90. The van der Waals surface area contributed by atoms with Crippen LogP contribution in [-0.2, 0) is 0 Å². The third kappa shape index (κ3) is 2.42. The Morgan fingerprint density at radius 2 is 2.08 bits per heavy atom. The summed E-state index contributed by atoms with van der Waals surface area (Å²) in [5.41, 5.74) is 3.45. The number of hydrogen-bond donors (Lipinski definition) is 3. The van der Waals surface area contributed by atoms with E-state index in [1.165, 1.54) is 0 Å². The molecule has 1 unspecified atom stereocenters. The molecule has 0 aliphatic carbocycles. The van der Waals surface area contributed by atoms with Crippen LogP contribution in [0.4, 0.5) is 0 Å². The zero-order valence-electron chi connectivity index (χ0n) is 7.53. The molecule has 0 radical (unpaired) electrons. The number of nitrogens with one attached hydrogen (secondary N) is 1. The summed E-state index contributed by atoms with van der Waals surface area (Å²) >= 11 is 0. The zero-order chi connectivity index (χ0) is 9.68. The van der Waals surface area contributed by atoms with Gasteiger partial charge < -0.3 is 9.84 Å². The number of methoxy groups -OCH3 is 1. The maximum atomic E-state index is 8.93. The summed E-state index contributed by atoms with van der Waals surface area (Å²) in [6, 6.07) is 7.16. The number of aliphatic hydroxyl groups excluding tert-OH is 1. The van der Waals surface area contributed by atoms with E-state index in [9.17, 15) is 0 Å². The lowest BCUT2D eigenvalue weighted by atomic mass is 10.1. The summed E-state index contributed by atoms with van der Waals surface area (Å²) in [6.07, 6.45) is 0. The largest absolute Gasteiger partial charge is 0.497 e. The average molecular weight is 182 g/mol. The highest BCUT2D eigenvalue weighted by Crippen LogP contribution is 2.16. The second kappa shape index (κ2) is 4.81. The molecule has 0 aromatic heterocycles. The molecule has 0 bridgehead atoms. The van der Waals surface area contributed by atoms with Crippen LogP contribution in [0.5, 0.6) is 5.75 Å². The molecule has 0 spiro atoms. The first-order valence-corrected chi connectivity index (χ1v) is 4.02. The van der Waals surface area contributed by atoms with Gasteiger partial charge in [-0.25, -0.2) is 0 Å². The van der Waals surface area contributed by atoms with Crippen molar-refractivity contribution in [3.05, 3.63) is 29.8 Å². The third-order valence-electron chi connectivity index (χ3n) is 1.90. The van der Waals surface area contributed by atoms with Crippen molar-refractivity contribution in [3.8, 4) is 5.75 Å². The predicted octanol–water partition coefficient (Wildman–Crippen LogP) is 0.192. The summed E-state index contributed by atoms with van der Waals surface area (Å²) in [5.74, 6) is 6.03. The van der Waals surface area contributed by atoms with Gasteiger partial charge in [0.05, 0.1) is 19.8 Å². The molecule has 1 atom stereocenters. The Labute approximate surface area is 77.3 Å². The minimum Gasteiger partial charge on any atom is -0.497 e. The van der Waals surface area contributed by atoms with Crippen molar-refractivity contribution >= 4 is 0 Å². The van der Waals surface area contributed by atoms with Gasteiger partial charge in [0.15, 0.2) is 0 Å². The van der Waals surface area contributed by atoms with Crippen LogP contribution >= 0.6 is 0 Å². The van der Waals surface area contributed by atoms with E-state index < -0.39 is 0 Å². The number of rotatable bonds is 4. The first-order valence-electron chi connectivity index (χ1n) is 4.02. The minimum absolute atomic E-state index is 0.0250. The Balaban J connectivity index is 2.78. The van der Waals surface area contributed by atoms with Crippen molar-refractivity contribution < 1.29 is 9.84 Å². The Morgan fingerprint density at radius 1 is 1.46 bits per heavy atom. The number of ether oxygens (including phenoxy) is 1. The number of hydrogen-bond acceptors (Lipinski definition) is 4. The summed E-state index contributed by atoms with van der Waals surface area (Å²) in [4.78, 5) is 0. The fraction of sp³-hybridized carbons (Fsp3) is 0.333. The summed E-state index contributed by atoms with van der Waals surface area (Å²) in [7, 11) is 1.61. The van der Waals surface area contributed by atoms with Crippen molar-refractivity contribution in [1.82, 2.24) is 5.43 Å². The van der Waals surface area contributed by atoms with E-state index >= 15 is 0 Å². The van der Waals surface area contributed by atoms with Gasteiger partial charge in [-0.2, -0.15) is 0 Å². The van der Waals surface area contributed by atoms with Crippen LogP contribution in [0.1, 0.15) is 11.6 Å². The Hall–Kier alpha value is -1.10. The van der Waals surface area contributed by atoms with Crippen LogP contribution in [0.15, 0.2) is 24.3 Å². The molecular weight excluding hydrogens is 168 g/mol. The van der Waals surface area contributed by atoms with Gasteiger partial charge in [-0.05, 0) is 17.7 Å². The van der Waals surface area contributed by atoms with Crippen molar-refractivity contribution in [2.75, 3.05) is 13.7 Å². The van der Waals surface area contributed by atoms with Crippen molar-refractivity contribution in [2.45, 2.75) is 6.04 Å². The standard InChI is InChI=1S/C9H14N2O2/c1-13-8-4-2-7(3-5-8)9(6-12)11-10/h2-5,9,11-12H,6,10H2,1H3. The van der Waals surface area contributed by atoms with Crippen LogP contribution in [0.3, 0.4) is 0 Å². The highest BCUT2D eigenvalue weighted by atomic mass is 16.5. The van der Waals surface area contributed by atoms with E-state index in [0.717, 1.165) is 11.3 Å². The average Bonchev–Trinajstić information content (AvgIpc) is 2.21. The summed E-state index contributed by atoms with van der Waals surface area (Å²) < 4.78 is 5.00. The van der Waals surface area contributed by atoms with Gasteiger partial charge >= 0.3 is 0 Å². The molecular formula is C9H14N2O2. The van der Waals surface area contributed by atoms with Gasteiger partial charge in [0.1, 0.15) is 5.75 Å². The smallest absolute Gasteiger partial charge is 0.118 e. The number of benzene rings is 1. The molecule has 4 N–H and O–H groups in total. The van der Waals surface area contributed by atoms with Crippen LogP contribution in [-0.4, -0.2) is 18.8 Å². The maximum Gasteiger partial charge on any atom is 0.118 e. The van der Waals surface area contributed by atoms with E-state index in [1.807, 2.05) is 24.3 Å². The van der Waals surface area contributed by atoms with Crippen molar-refractivity contribution in [1.29, 1.82) is 0 Å². The lowest BCUT2D eigenvalue weighted by molar-refractivity contribution is 0.245. The highest BCUT2D eigenvalue weighted by Gasteiger charge is 2.06. The lowest BCUT2D eigenvalue weighted by Gasteiger charge is -2.13. The van der Waals surface area contributed by atoms with Crippen molar-refractivity contribution in [2.24, 2.45) is 5.84 Å².